The van der Waals surface area contributed by atoms with Crippen molar-refractivity contribution in [1.29, 1.82) is 0 Å². The van der Waals surface area contributed by atoms with Crippen LogP contribution in [-0.4, -0.2) is 15.5 Å². The zero-order chi connectivity index (χ0) is 18.9. The Morgan fingerprint density at radius 1 is 1.08 bits per heavy atom. The highest BCUT2D eigenvalue weighted by molar-refractivity contribution is 6.30. The number of amides is 1. The summed E-state index contributed by atoms with van der Waals surface area (Å²) in [6, 6.07) is 12.8. The van der Waals surface area contributed by atoms with E-state index in [1.807, 2.05) is 0 Å². The average Bonchev–Trinajstić information content (AvgIpc) is 2.98. The molecule has 0 spiro atoms. The van der Waals surface area contributed by atoms with Crippen molar-refractivity contribution in [2.75, 3.05) is 5.32 Å². The Bertz CT molecular complexity index is 932. The molecule has 3 rings (SSSR count). The van der Waals surface area contributed by atoms with Crippen LogP contribution in [-0.2, 0) is 6.18 Å². The van der Waals surface area contributed by atoms with Crippen LogP contribution in [0.25, 0.3) is 5.69 Å². The van der Waals surface area contributed by atoms with Crippen molar-refractivity contribution in [3.05, 3.63) is 76.8 Å². The number of halogens is 4. The molecule has 134 valence electrons. The minimum absolute atomic E-state index is 0.218. The molecule has 0 atom stereocenters. The van der Waals surface area contributed by atoms with E-state index in [0.29, 0.717) is 22.0 Å². The molecule has 0 aliphatic heterocycles. The molecular weight excluding hydrogens is 367 g/mol. The standard InChI is InChI=1S/C18H13ClF3N3O/c1-11-23-16(18(20,21)22)10-25(11)15-8-6-14(7-9-15)24-17(26)12-2-4-13(19)5-3-12/h2-10H,1H3,(H,24,26). The van der Waals surface area contributed by atoms with Crippen molar-refractivity contribution < 1.29 is 18.0 Å². The van der Waals surface area contributed by atoms with Gasteiger partial charge in [0.15, 0.2) is 5.69 Å². The maximum absolute atomic E-state index is 12.8. The molecule has 0 fully saturated rings. The molecule has 1 N–H and O–H groups in total. The Hall–Kier alpha value is -2.80. The largest absolute Gasteiger partial charge is 0.434 e. The third kappa shape index (κ3) is 3.88. The molecule has 0 unspecified atom stereocenters. The number of hydrogen-bond acceptors (Lipinski definition) is 2. The third-order valence-electron chi connectivity index (χ3n) is 3.68. The van der Waals surface area contributed by atoms with Crippen LogP contribution in [0.4, 0.5) is 18.9 Å². The van der Waals surface area contributed by atoms with Crippen molar-refractivity contribution in [2.45, 2.75) is 13.1 Å². The number of imidazole rings is 1. The molecule has 0 bridgehead atoms. The molecule has 0 radical (unpaired) electrons. The zero-order valence-corrected chi connectivity index (χ0v) is 14.3. The second-order valence-electron chi connectivity index (χ2n) is 5.55. The summed E-state index contributed by atoms with van der Waals surface area (Å²) in [4.78, 5) is 15.7. The number of hydrogen-bond donors (Lipinski definition) is 1. The molecule has 1 aromatic heterocycles. The monoisotopic (exact) mass is 379 g/mol. The molecule has 0 aliphatic carbocycles. The van der Waals surface area contributed by atoms with Crippen molar-refractivity contribution in [3.63, 3.8) is 0 Å². The molecule has 8 heteroatoms. The smallest absolute Gasteiger partial charge is 0.322 e. The lowest BCUT2D eigenvalue weighted by molar-refractivity contribution is -0.141. The van der Waals surface area contributed by atoms with E-state index >= 15 is 0 Å². The summed E-state index contributed by atoms with van der Waals surface area (Å²) in [6.07, 6.45) is -3.56. The first-order valence-electron chi connectivity index (χ1n) is 7.54. The summed E-state index contributed by atoms with van der Waals surface area (Å²) in [5.41, 5.74) is 0.520. The molecule has 2 aromatic carbocycles. The van der Waals surface area contributed by atoms with Gasteiger partial charge < -0.3 is 9.88 Å². The summed E-state index contributed by atoms with van der Waals surface area (Å²) in [7, 11) is 0. The van der Waals surface area contributed by atoms with Gasteiger partial charge in [0, 0.05) is 28.2 Å². The molecule has 1 amide bonds. The first-order chi connectivity index (χ1) is 12.2. The number of alkyl halides is 3. The SMILES string of the molecule is Cc1nc(C(F)(F)F)cn1-c1ccc(NC(=O)c2ccc(Cl)cc2)cc1. The second-order valence-corrected chi connectivity index (χ2v) is 5.99. The van der Waals surface area contributed by atoms with E-state index in [2.05, 4.69) is 10.3 Å². The van der Waals surface area contributed by atoms with E-state index in [1.165, 1.54) is 11.5 Å². The van der Waals surface area contributed by atoms with Gasteiger partial charge in [-0.25, -0.2) is 4.98 Å². The Balaban J connectivity index is 1.78. The minimum Gasteiger partial charge on any atom is -0.322 e. The van der Waals surface area contributed by atoms with Gasteiger partial charge in [-0.15, -0.1) is 0 Å². The number of carbonyl (C=O) groups excluding carboxylic acids is 1. The Labute approximate surface area is 152 Å². The zero-order valence-electron chi connectivity index (χ0n) is 13.5. The second kappa shape index (κ2) is 6.84. The lowest BCUT2D eigenvalue weighted by Crippen LogP contribution is -2.11. The lowest BCUT2D eigenvalue weighted by atomic mass is 10.2. The Kier molecular flexibility index (Phi) is 4.73. The third-order valence-corrected chi connectivity index (χ3v) is 3.93. The fourth-order valence-corrected chi connectivity index (χ4v) is 2.51. The summed E-state index contributed by atoms with van der Waals surface area (Å²) in [5.74, 6) is -0.0946. The lowest BCUT2D eigenvalue weighted by Gasteiger charge is -2.08. The van der Waals surface area contributed by atoms with Crippen molar-refractivity contribution >= 4 is 23.2 Å². The van der Waals surface area contributed by atoms with Gasteiger partial charge in [0.1, 0.15) is 5.82 Å². The van der Waals surface area contributed by atoms with E-state index in [-0.39, 0.29) is 11.7 Å². The molecule has 1 heterocycles. The minimum atomic E-state index is -4.50. The Morgan fingerprint density at radius 3 is 2.23 bits per heavy atom. The highest BCUT2D eigenvalue weighted by atomic mass is 35.5. The predicted molar refractivity (Wildman–Crippen MR) is 92.7 cm³/mol. The summed E-state index contributed by atoms with van der Waals surface area (Å²) in [6.45, 7) is 1.49. The first-order valence-corrected chi connectivity index (χ1v) is 7.92. The fourth-order valence-electron chi connectivity index (χ4n) is 2.38. The van der Waals surface area contributed by atoms with Crippen molar-refractivity contribution in [1.82, 2.24) is 9.55 Å². The number of aryl methyl sites for hydroxylation is 1. The van der Waals surface area contributed by atoms with Gasteiger partial charge in [-0.2, -0.15) is 13.2 Å². The number of carbonyl (C=O) groups is 1. The van der Waals surface area contributed by atoms with Crippen LogP contribution in [0, 0.1) is 6.92 Å². The molecule has 26 heavy (non-hydrogen) atoms. The van der Waals surface area contributed by atoms with E-state index < -0.39 is 11.9 Å². The average molecular weight is 380 g/mol. The van der Waals surface area contributed by atoms with E-state index in [1.54, 1.807) is 48.5 Å². The molecule has 0 saturated carbocycles. The van der Waals surface area contributed by atoms with E-state index in [9.17, 15) is 18.0 Å². The van der Waals surface area contributed by atoms with Crippen LogP contribution in [0.5, 0.6) is 0 Å². The van der Waals surface area contributed by atoms with Gasteiger partial charge in [0.25, 0.3) is 5.91 Å². The van der Waals surface area contributed by atoms with Crippen LogP contribution in [0.1, 0.15) is 21.9 Å². The van der Waals surface area contributed by atoms with E-state index in [4.69, 9.17) is 11.6 Å². The maximum atomic E-state index is 12.8. The fraction of sp³-hybridized carbons (Fsp3) is 0.111. The van der Waals surface area contributed by atoms with Gasteiger partial charge in [0.05, 0.1) is 0 Å². The number of aromatic nitrogens is 2. The molecule has 0 aliphatic rings. The van der Waals surface area contributed by atoms with Gasteiger partial charge >= 0.3 is 6.18 Å². The topological polar surface area (TPSA) is 46.9 Å². The van der Waals surface area contributed by atoms with Crippen LogP contribution in [0.15, 0.2) is 54.7 Å². The van der Waals surface area contributed by atoms with Gasteiger partial charge in [0.2, 0.25) is 0 Å². The van der Waals surface area contributed by atoms with Crippen molar-refractivity contribution in [3.8, 4) is 5.69 Å². The van der Waals surface area contributed by atoms with E-state index in [0.717, 1.165) is 6.20 Å². The summed E-state index contributed by atoms with van der Waals surface area (Å²) in [5, 5.41) is 3.24. The highest BCUT2D eigenvalue weighted by Crippen LogP contribution is 2.29. The van der Waals surface area contributed by atoms with Gasteiger partial charge in [-0.3, -0.25) is 4.79 Å². The first kappa shape index (κ1) is 18.0. The van der Waals surface area contributed by atoms with Crippen LogP contribution >= 0.6 is 11.6 Å². The van der Waals surface area contributed by atoms with Crippen LogP contribution in [0.3, 0.4) is 0 Å². The molecule has 3 aromatic rings. The molecule has 0 saturated heterocycles. The number of benzene rings is 2. The van der Waals surface area contributed by atoms with Crippen LogP contribution < -0.4 is 5.32 Å². The van der Waals surface area contributed by atoms with Crippen molar-refractivity contribution in [2.24, 2.45) is 0 Å². The number of rotatable bonds is 3. The number of nitrogens with one attached hydrogen (secondary N) is 1. The number of nitrogens with zero attached hydrogens (tertiary/aromatic N) is 2. The summed E-state index contributed by atoms with van der Waals surface area (Å²) < 4.78 is 39.6. The number of anilines is 1. The van der Waals surface area contributed by atoms with Crippen LogP contribution in [0.2, 0.25) is 5.02 Å². The highest BCUT2D eigenvalue weighted by Gasteiger charge is 2.34. The Morgan fingerprint density at radius 2 is 1.69 bits per heavy atom. The summed E-state index contributed by atoms with van der Waals surface area (Å²) >= 11 is 5.79. The quantitative estimate of drug-likeness (QED) is 0.687. The maximum Gasteiger partial charge on any atom is 0.434 e. The van der Waals surface area contributed by atoms with Gasteiger partial charge in [-0.1, -0.05) is 11.6 Å². The normalized spacial score (nSPS) is 11.4. The molecule has 4 nitrogen and oxygen atoms in total. The molecular formula is C18H13ClF3N3O. The predicted octanol–water partition coefficient (Wildman–Crippen LogP) is 5.11. The van der Waals surface area contributed by atoms with Gasteiger partial charge in [-0.05, 0) is 55.5 Å².